The molecule has 2 rings (SSSR count). The van der Waals surface area contributed by atoms with Gasteiger partial charge in [-0.25, -0.2) is 8.42 Å². The van der Waals surface area contributed by atoms with Crippen molar-refractivity contribution in [2.24, 2.45) is 11.7 Å². The molecule has 2 fully saturated rings. The van der Waals surface area contributed by atoms with E-state index in [0.29, 0.717) is 24.8 Å². The molecule has 1 aliphatic carbocycles. The summed E-state index contributed by atoms with van der Waals surface area (Å²) in [7, 11) is -1.48. The van der Waals surface area contributed by atoms with E-state index in [4.69, 9.17) is 10.5 Å². The minimum Gasteiger partial charge on any atom is -0.381 e. The second-order valence-corrected chi connectivity index (χ2v) is 7.78. The zero-order chi connectivity index (χ0) is 13.9. The summed E-state index contributed by atoms with van der Waals surface area (Å²) >= 11 is 0. The zero-order valence-electron chi connectivity index (χ0n) is 12.2. The van der Waals surface area contributed by atoms with Crippen LogP contribution >= 0.6 is 12.4 Å². The van der Waals surface area contributed by atoms with E-state index in [9.17, 15) is 8.42 Å². The van der Waals surface area contributed by atoms with Gasteiger partial charge in [-0.3, -0.25) is 0 Å². The Morgan fingerprint density at radius 1 is 1.25 bits per heavy atom. The Morgan fingerprint density at radius 2 is 1.90 bits per heavy atom. The minimum atomic E-state index is -3.16. The first kappa shape index (κ1) is 18.2. The standard InChI is InChI=1S/C13H26N2O3S.ClH/c1-18-13-6-7-15(12(8-13)9-14)19(16,17)10-11-4-2-3-5-11;/h11-13H,2-10,14H2,1H3;1H. The summed E-state index contributed by atoms with van der Waals surface area (Å²) in [5, 5.41) is 0. The van der Waals surface area contributed by atoms with Gasteiger partial charge in [0.05, 0.1) is 11.9 Å². The van der Waals surface area contributed by atoms with E-state index >= 15 is 0 Å². The molecule has 1 saturated heterocycles. The van der Waals surface area contributed by atoms with Crippen LogP contribution in [0.1, 0.15) is 38.5 Å². The Bertz CT molecular complexity index is 385. The molecule has 5 nitrogen and oxygen atoms in total. The van der Waals surface area contributed by atoms with E-state index < -0.39 is 10.0 Å². The molecule has 0 radical (unpaired) electrons. The largest absolute Gasteiger partial charge is 0.381 e. The zero-order valence-corrected chi connectivity index (χ0v) is 13.8. The Hall–Kier alpha value is 0.120. The van der Waals surface area contributed by atoms with Crippen molar-refractivity contribution in [1.82, 2.24) is 4.31 Å². The van der Waals surface area contributed by atoms with Crippen molar-refractivity contribution >= 4 is 22.4 Å². The minimum absolute atomic E-state index is 0. The summed E-state index contributed by atoms with van der Waals surface area (Å²) in [4.78, 5) is 0. The van der Waals surface area contributed by atoms with Gasteiger partial charge < -0.3 is 10.5 Å². The summed E-state index contributed by atoms with van der Waals surface area (Å²) in [6.07, 6.45) is 6.10. The van der Waals surface area contributed by atoms with Gasteiger partial charge in [-0.15, -0.1) is 12.4 Å². The number of sulfonamides is 1. The molecule has 2 unspecified atom stereocenters. The van der Waals surface area contributed by atoms with Crippen molar-refractivity contribution in [2.75, 3.05) is 26.0 Å². The topological polar surface area (TPSA) is 72.6 Å². The molecule has 20 heavy (non-hydrogen) atoms. The van der Waals surface area contributed by atoms with Crippen LogP contribution in [0.25, 0.3) is 0 Å². The second kappa shape index (κ2) is 7.94. The third-order valence-corrected chi connectivity index (χ3v) is 6.59. The van der Waals surface area contributed by atoms with Crippen molar-refractivity contribution in [2.45, 2.75) is 50.7 Å². The van der Waals surface area contributed by atoms with Crippen molar-refractivity contribution in [1.29, 1.82) is 0 Å². The van der Waals surface area contributed by atoms with Crippen LogP contribution in [0.15, 0.2) is 0 Å². The molecule has 0 aromatic carbocycles. The van der Waals surface area contributed by atoms with Gasteiger partial charge >= 0.3 is 0 Å². The van der Waals surface area contributed by atoms with E-state index in [2.05, 4.69) is 0 Å². The maximum atomic E-state index is 12.5. The van der Waals surface area contributed by atoms with E-state index in [1.165, 1.54) is 12.8 Å². The normalized spacial score (nSPS) is 29.3. The van der Waals surface area contributed by atoms with Gasteiger partial charge in [-0.1, -0.05) is 12.8 Å². The van der Waals surface area contributed by atoms with Crippen LogP contribution in [-0.4, -0.2) is 50.8 Å². The highest BCUT2D eigenvalue weighted by molar-refractivity contribution is 7.89. The molecule has 1 heterocycles. The van der Waals surface area contributed by atoms with Crippen LogP contribution in [0.5, 0.6) is 0 Å². The summed E-state index contributed by atoms with van der Waals surface area (Å²) in [6.45, 7) is 0.930. The third-order valence-electron chi connectivity index (χ3n) is 4.50. The molecule has 0 spiro atoms. The summed E-state index contributed by atoms with van der Waals surface area (Å²) in [5.41, 5.74) is 5.75. The monoisotopic (exact) mass is 326 g/mol. The lowest BCUT2D eigenvalue weighted by molar-refractivity contribution is 0.0401. The van der Waals surface area contributed by atoms with Crippen molar-refractivity contribution in [3.63, 3.8) is 0 Å². The third kappa shape index (κ3) is 4.31. The van der Waals surface area contributed by atoms with Gasteiger partial charge in [0.15, 0.2) is 0 Å². The highest BCUT2D eigenvalue weighted by Crippen LogP contribution is 2.29. The molecule has 0 bridgehead atoms. The smallest absolute Gasteiger partial charge is 0.214 e. The Kier molecular flexibility index (Phi) is 7.21. The predicted molar refractivity (Wildman–Crippen MR) is 82.6 cm³/mol. The van der Waals surface area contributed by atoms with E-state index in [1.54, 1.807) is 11.4 Å². The molecule has 2 N–H and O–H groups in total. The number of hydrogen-bond donors (Lipinski definition) is 1. The first-order valence-electron chi connectivity index (χ1n) is 7.29. The first-order valence-corrected chi connectivity index (χ1v) is 8.90. The van der Waals surface area contributed by atoms with Crippen LogP contribution in [-0.2, 0) is 14.8 Å². The maximum absolute atomic E-state index is 12.5. The molecule has 1 aliphatic heterocycles. The van der Waals surface area contributed by atoms with Crippen LogP contribution in [0, 0.1) is 5.92 Å². The summed E-state index contributed by atoms with van der Waals surface area (Å²) < 4.78 is 32.1. The fourth-order valence-electron chi connectivity index (χ4n) is 3.36. The fourth-order valence-corrected chi connectivity index (χ4v) is 5.49. The Morgan fingerprint density at radius 3 is 2.45 bits per heavy atom. The van der Waals surface area contributed by atoms with E-state index in [0.717, 1.165) is 25.7 Å². The van der Waals surface area contributed by atoms with Gasteiger partial charge in [0.25, 0.3) is 0 Å². The number of methoxy groups -OCH3 is 1. The van der Waals surface area contributed by atoms with Crippen molar-refractivity contribution in [3.05, 3.63) is 0 Å². The average Bonchev–Trinajstić information content (AvgIpc) is 2.89. The van der Waals surface area contributed by atoms with E-state index in [-0.39, 0.29) is 24.6 Å². The van der Waals surface area contributed by atoms with Crippen LogP contribution in [0.4, 0.5) is 0 Å². The number of nitrogens with two attached hydrogens (primary N) is 1. The highest BCUT2D eigenvalue weighted by atomic mass is 35.5. The van der Waals surface area contributed by atoms with Gasteiger partial charge in [-0.05, 0) is 31.6 Å². The van der Waals surface area contributed by atoms with Crippen LogP contribution in [0.2, 0.25) is 0 Å². The quantitative estimate of drug-likeness (QED) is 0.828. The average molecular weight is 327 g/mol. The van der Waals surface area contributed by atoms with Crippen LogP contribution < -0.4 is 5.73 Å². The Balaban J connectivity index is 0.00000200. The van der Waals surface area contributed by atoms with Crippen molar-refractivity contribution < 1.29 is 13.2 Å². The number of rotatable bonds is 5. The van der Waals surface area contributed by atoms with Crippen LogP contribution in [0.3, 0.4) is 0 Å². The summed E-state index contributed by atoms with van der Waals surface area (Å²) in [6, 6.07) is -0.0925. The Labute approximate surface area is 128 Å². The van der Waals surface area contributed by atoms with Crippen molar-refractivity contribution in [3.8, 4) is 0 Å². The highest BCUT2D eigenvalue weighted by Gasteiger charge is 2.36. The van der Waals surface area contributed by atoms with E-state index in [1.807, 2.05) is 0 Å². The maximum Gasteiger partial charge on any atom is 0.214 e. The predicted octanol–water partition coefficient (Wildman–Crippen LogP) is 1.37. The number of halogens is 1. The molecule has 2 aliphatic rings. The number of hydrogen-bond acceptors (Lipinski definition) is 4. The second-order valence-electron chi connectivity index (χ2n) is 5.81. The SMILES string of the molecule is COC1CCN(S(=O)(=O)CC2CCCC2)C(CN)C1.Cl. The molecule has 0 amide bonds. The number of ether oxygens (including phenoxy) is 1. The number of piperidine rings is 1. The first-order chi connectivity index (χ1) is 9.06. The molecular weight excluding hydrogens is 300 g/mol. The molecular formula is C13H27ClN2O3S. The molecule has 2 atom stereocenters. The molecule has 1 saturated carbocycles. The van der Waals surface area contributed by atoms with Gasteiger partial charge in [-0.2, -0.15) is 4.31 Å². The van der Waals surface area contributed by atoms with Gasteiger partial charge in [0, 0.05) is 26.2 Å². The molecule has 120 valence electrons. The van der Waals surface area contributed by atoms with Gasteiger partial charge in [0.2, 0.25) is 10.0 Å². The lowest BCUT2D eigenvalue weighted by Gasteiger charge is -2.37. The molecule has 0 aromatic heterocycles. The van der Waals surface area contributed by atoms with Gasteiger partial charge in [0.1, 0.15) is 0 Å². The summed E-state index contributed by atoms with van der Waals surface area (Å²) in [5.74, 6) is 0.657. The molecule has 7 heteroatoms. The number of nitrogens with zero attached hydrogens (tertiary/aromatic N) is 1. The lowest BCUT2D eigenvalue weighted by Crippen LogP contribution is -2.52. The molecule has 0 aromatic rings. The fraction of sp³-hybridized carbons (Fsp3) is 1.00. The lowest BCUT2D eigenvalue weighted by atomic mass is 10.0.